The molecule has 0 bridgehead atoms. The molecule has 1 N–H and O–H groups in total. The molecule has 0 radical (unpaired) electrons. The topological polar surface area (TPSA) is 65.0 Å². The molecule has 106 valence electrons. The third kappa shape index (κ3) is 4.44. The summed E-state index contributed by atoms with van der Waals surface area (Å²) in [7, 11) is 1.55. The molecule has 1 unspecified atom stereocenters. The van der Waals surface area contributed by atoms with E-state index in [1.54, 1.807) is 20.1 Å². The van der Waals surface area contributed by atoms with E-state index >= 15 is 0 Å². The highest BCUT2D eigenvalue weighted by molar-refractivity contribution is 5.72. The van der Waals surface area contributed by atoms with Crippen LogP contribution < -0.4 is 9.47 Å². The SMILES string of the molecule is CCOC(COc1ccc(CC)cc1OC)C(=O)O. The van der Waals surface area contributed by atoms with E-state index in [0.717, 1.165) is 12.0 Å². The number of ether oxygens (including phenoxy) is 3. The van der Waals surface area contributed by atoms with Crippen molar-refractivity contribution in [2.45, 2.75) is 26.4 Å². The van der Waals surface area contributed by atoms with Crippen LogP contribution in [0.3, 0.4) is 0 Å². The molecule has 1 rings (SSSR count). The van der Waals surface area contributed by atoms with Crippen molar-refractivity contribution in [2.75, 3.05) is 20.3 Å². The Bertz CT molecular complexity index is 416. The zero-order valence-electron chi connectivity index (χ0n) is 11.5. The Kier molecular flexibility index (Phi) is 6.15. The van der Waals surface area contributed by atoms with Gasteiger partial charge in [-0.05, 0) is 31.0 Å². The second-order valence-corrected chi connectivity index (χ2v) is 3.93. The summed E-state index contributed by atoms with van der Waals surface area (Å²) in [5, 5.41) is 8.95. The van der Waals surface area contributed by atoms with Crippen LogP contribution in [-0.2, 0) is 16.0 Å². The summed E-state index contributed by atoms with van der Waals surface area (Å²) >= 11 is 0. The lowest BCUT2D eigenvalue weighted by Crippen LogP contribution is -2.30. The first-order chi connectivity index (χ1) is 9.12. The van der Waals surface area contributed by atoms with Crippen LogP contribution in [0.25, 0.3) is 0 Å². The summed E-state index contributed by atoms with van der Waals surface area (Å²) in [6.07, 6.45) is -0.0755. The average Bonchev–Trinajstić information content (AvgIpc) is 2.42. The first kappa shape index (κ1) is 15.3. The molecule has 0 saturated heterocycles. The third-order valence-electron chi connectivity index (χ3n) is 2.67. The van der Waals surface area contributed by atoms with Gasteiger partial charge in [-0.1, -0.05) is 13.0 Å². The smallest absolute Gasteiger partial charge is 0.336 e. The highest BCUT2D eigenvalue weighted by Crippen LogP contribution is 2.28. The van der Waals surface area contributed by atoms with Crippen molar-refractivity contribution in [3.05, 3.63) is 23.8 Å². The Morgan fingerprint density at radius 1 is 1.32 bits per heavy atom. The molecule has 0 fully saturated rings. The first-order valence-electron chi connectivity index (χ1n) is 6.26. The Hall–Kier alpha value is -1.75. The maximum absolute atomic E-state index is 10.9. The maximum atomic E-state index is 10.9. The predicted molar refractivity (Wildman–Crippen MR) is 70.9 cm³/mol. The lowest BCUT2D eigenvalue weighted by atomic mass is 10.1. The molecule has 0 aliphatic carbocycles. The van der Waals surface area contributed by atoms with Crippen LogP contribution in [-0.4, -0.2) is 37.5 Å². The highest BCUT2D eigenvalue weighted by Gasteiger charge is 2.19. The van der Waals surface area contributed by atoms with Gasteiger partial charge in [0.05, 0.1) is 7.11 Å². The molecule has 5 nitrogen and oxygen atoms in total. The Labute approximate surface area is 113 Å². The molecule has 19 heavy (non-hydrogen) atoms. The minimum Gasteiger partial charge on any atom is -0.493 e. The molecule has 5 heteroatoms. The van der Waals surface area contributed by atoms with E-state index in [1.807, 2.05) is 19.1 Å². The second-order valence-electron chi connectivity index (χ2n) is 3.93. The summed E-state index contributed by atoms with van der Waals surface area (Å²) < 4.78 is 15.8. The van der Waals surface area contributed by atoms with Gasteiger partial charge in [-0.3, -0.25) is 0 Å². The highest BCUT2D eigenvalue weighted by atomic mass is 16.6. The van der Waals surface area contributed by atoms with Crippen LogP contribution in [0.4, 0.5) is 0 Å². The number of carboxylic acid groups (broad SMARTS) is 1. The lowest BCUT2D eigenvalue weighted by Gasteiger charge is -2.15. The number of aryl methyl sites for hydroxylation is 1. The minimum absolute atomic E-state index is 0.0506. The number of carboxylic acids is 1. The standard InChI is InChI=1S/C14H20O5/c1-4-10-6-7-11(12(8-10)17-3)19-9-13(14(15)16)18-5-2/h6-8,13H,4-5,9H2,1-3H3,(H,15,16). The average molecular weight is 268 g/mol. The maximum Gasteiger partial charge on any atom is 0.336 e. The van der Waals surface area contributed by atoms with Crippen molar-refractivity contribution in [3.8, 4) is 11.5 Å². The monoisotopic (exact) mass is 268 g/mol. The van der Waals surface area contributed by atoms with Gasteiger partial charge in [-0.25, -0.2) is 4.79 Å². The molecule has 0 aliphatic heterocycles. The number of carbonyl (C=O) groups is 1. The fourth-order valence-electron chi connectivity index (χ4n) is 1.61. The largest absolute Gasteiger partial charge is 0.493 e. The van der Waals surface area contributed by atoms with E-state index in [2.05, 4.69) is 0 Å². The van der Waals surface area contributed by atoms with E-state index in [0.29, 0.717) is 18.1 Å². The van der Waals surface area contributed by atoms with Crippen molar-refractivity contribution in [1.82, 2.24) is 0 Å². The van der Waals surface area contributed by atoms with E-state index in [4.69, 9.17) is 19.3 Å². The molecular formula is C14H20O5. The fourth-order valence-corrected chi connectivity index (χ4v) is 1.61. The molecule has 0 aliphatic rings. The van der Waals surface area contributed by atoms with E-state index in [-0.39, 0.29) is 6.61 Å². The van der Waals surface area contributed by atoms with Crippen molar-refractivity contribution in [1.29, 1.82) is 0 Å². The van der Waals surface area contributed by atoms with E-state index in [9.17, 15) is 4.79 Å². The number of rotatable bonds is 8. The van der Waals surface area contributed by atoms with Crippen molar-refractivity contribution >= 4 is 5.97 Å². The van der Waals surface area contributed by atoms with E-state index in [1.165, 1.54) is 0 Å². The number of hydrogen-bond donors (Lipinski definition) is 1. The van der Waals surface area contributed by atoms with Gasteiger partial charge in [0.1, 0.15) is 6.61 Å². The van der Waals surface area contributed by atoms with E-state index < -0.39 is 12.1 Å². The Balaban J connectivity index is 2.73. The molecular weight excluding hydrogens is 248 g/mol. The minimum atomic E-state index is -1.04. The molecule has 0 heterocycles. The van der Waals surface area contributed by atoms with Gasteiger partial charge in [-0.2, -0.15) is 0 Å². The number of benzene rings is 1. The van der Waals surface area contributed by atoms with Gasteiger partial charge in [0.2, 0.25) is 0 Å². The molecule has 1 aromatic carbocycles. The normalized spacial score (nSPS) is 11.9. The van der Waals surface area contributed by atoms with Crippen molar-refractivity contribution in [2.24, 2.45) is 0 Å². The number of methoxy groups -OCH3 is 1. The molecule has 0 spiro atoms. The Morgan fingerprint density at radius 2 is 2.05 bits per heavy atom. The lowest BCUT2D eigenvalue weighted by molar-refractivity contribution is -0.152. The number of aliphatic carboxylic acids is 1. The molecule has 0 amide bonds. The van der Waals surface area contributed by atoms with Crippen LogP contribution >= 0.6 is 0 Å². The predicted octanol–water partition coefficient (Wildman–Crippen LogP) is 2.13. The summed E-state index contributed by atoms with van der Waals surface area (Å²) in [6.45, 7) is 4.06. The van der Waals surface area contributed by atoms with Crippen LogP contribution in [0.5, 0.6) is 11.5 Å². The second kappa shape index (κ2) is 7.63. The number of hydrogen-bond acceptors (Lipinski definition) is 4. The summed E-state index contributed by atoms with van der Waals surface area (Å²) in [4.78, 5) is 10.9. The van der Waals surface area contributed by atoms with Gasteiger partial charge in [0.15, 0.2) is 17.6 Å². The van der Waals surface area contributed by atoms with Gasteiger partial charge in [0.25, 0.3) is 0 Å². The van der Waals surface area contributed by atoms with Crippen molar-refractivity contribution in [3.63, 3.8) is 0 Å². The summed E-state index contributed by atoms with van der Waals surface area (Å²) in [5.41, 5.74) is 1.13. The van der Waals surface area contributed by atoms with Gasteiger partial charge >= 0.3 is 5.97 Å². The van der Waals surface area contributed by atoms with Gasteiger partial charge in [-0.15, -0.1) is 0 Å². The molecule has 1 aromatic rings. The van der Waals surface area contributed by atoms with Crippen LogP contribution in [0.1, 0.15) is 19.4 Å². The Morgan fingerprint density at radius 3 is 2.58 bits per heavy atom. The van der Waals surface area contributed by atoms with Gasteiger partial charge in [0, 0.05) is 6.61 Å². The zero-order chi connectivity index (χ0) is 14.3. The third-order valence-corrected chi connectivity index (χ3v) is 2.67. The van der Waals surface area contributed by atoms with Crippen LogP contribution in [0, 0.1) is 0 Å². The van der Waals surface area contributed by atoms with Crippen LogP contribution in [0.2, 0.25) is 0 Å². The van der Waals surface area contributed by atoms with Crippen molar-refractivity contribution < 1.29 is 24.1 Å². The van der Waals surface area contributed by atoms with Gasteiger partial charge < -0.3 is 19.3 Å². The molecule has 0 saturated carbocycles. The molecule has 1 atom stereocenters. The fraction of sp³-hybridized carbons (Fsp3) is 0.500. The van der Waals surface area contributed by atoms with Crippen LogP contribution in [0.15, 0.2) is 18.2 Å². The quantitative estimate of drug-likeness (QED) is 0.782. The zero-order valence-corrected chi connectivity index (χ0v) is 11.5. The molecule has 0 aromatic heterocycles. The first-order valence-corrected chi connectivity index (χ1v) is 6.26. The summed E-state index contributed by atoms with van der Waals surface area (Å²) in [6, 6.07) is 5.59. The summed E-state index contributed by atoms with van der Waals surface area (Å²) in [5.74, 6) is 0.0802.